The van der Waals surface area contributed by atoms with Crippen molar-refractivity contribution in [1.29, 1.82) is 0 Å². The van der Waals surface area contributed by atoms with Crippen LogP contribution in [0.3, 0.4) is 0 Å². The van der Waals surface area contributed by atoms with Crippen LogP contribution < -0.4 is 4.74 Å². The van der Waals surface area contributed by atoms with Gasteiger partial charge in [0.1, 0.15) is 17.2 Å². The molecule has 134 valence electrons. The number of aromatic hydroxyl groups is 1. The van der Waals surface area contributed by atoms with E-state index in [1.54, 1.807) is 18.3 Å². The SMILES string of the molecule is Oc1ccc(C2=NN3[C@H](C2)c2cc(Cl)ccc2O[C@H]3c2ccccn2)cc1. The van der Waals surface area contributed by atoms with E-state index >= 15 is 0 Å². The Bertz CT molecular complexity index is 1020. The van der Waals surface area contributed by atoms with Gasteiger partial charge in [-0.2, -0.15) is 5.10 Å². The molecule has 2 aromatic carbocycles. The standard InChI is InChI=1S/C21H16ClN3O2/c22-14-6-9-20-16(11-14)19-12-18(13-4-7-15(26)8-5-13)24-25(19)21(27-20)17-3-1-2-10-23-17/h1-11,19,21,26H,12H2/t19-,21+/m1/s1. The number of hydrogen-bond acceptors (Lipinski definition) is 5. The van der Waals surface area contributed by atoms with Gasteiger partial charge in [0.2, 0.25) is 6.23 Å². The molecule has 0 unspecified atom stereocenters. The highest BCUT2D eigenvalue weighted by molar-refractivity contribution is 6.30. The monoisotopic (exact) mass is 377 g/mol. The van der Waals surface area contributed by atoms with E-state index in [-0.39, 0.29) is 11.8 Å². The van der Waals surface area contributed by atoms with Crippen LogP contribution in [0.15, 0.2) is 72.0 Å². The number of rotatable bonds is 2. The fraction of sp³-hybridized carbons (Fsp3) is 0.143. The van der Waals surface area contributed by atoms with E-state index in [4.69, 9.17) is 21.4 Å². The van der Waals surface area contributed by atoms with E-state index < -0.39 is 6.23 Å². The van der Waals surface area contributed by atoms with Crippen molar-refractivity contribution in [2.45, 2.75) is 18.7 Å². The first-order chi connectivity index (χ1) is 13.2. The molecule has 6 heteroatoms. The third-order valence-corrected chi connectivity index (χ3v) is 5.13. The van der Waals surface area contributed by atoms with Crippen LogP contribution in [0.4, 0.5) is 0 Å². The summed E-state index contributed by atoms with van der Waals surface area (Å²) in [6.07, 6.45) is 2.08. The first-order valence-electron chi connectivity index (χ1n) is 8.71. The van der Waals surface area contributed by atoms with E-state index in [0.29, 0.717) is 5.02 Å². The summed E-state index contributed by atoms with van der Waals surface area (Å²) >= 11 is 6.24. The van der Waals surface area contributed by atoms with Crippen molar-refractivity contribution >= 4 is 17.3 Å². The molecule has 5 nitrogen and oxygen atoms in total. The number of benzene rings is 2. The highest BCUT2D eigenvalue weighted by Crippen LogP contribution is 2.47. The summed E-state index contributed by atoms with van der Waals surface area (Å²) in [7, 11) is 0. The lowest BCUT2D eigenvalue weighted by atomic mass is 9.96. The van der Waals surface area contributed by atoms with Gasteiger partial charge >= 0.3 is 0 Å². The van der Waals surface area contributed by atoms with Gasteiger partial charge < -0.3 is 9.84 Å². The molecule has 2 aliphatic heterocycles. The van der Waals surface area contributed by atoms with Crippen LogP contribution in [0.25, 0.3) is 0 Å². The summed E-state index contributed by atoms with van der Waals surface area (Å²) in [5, 5.41) is 17.1. The average molecular weight is 378 g/mol. The molecular formula is C21H16ClN3O2. The fourth-order valence-corrected chi connectivity index (χ4v) is 3.78. The molecule has 2 atom stereocenters. The van der Waals surface area contributed by atoms with E-state index in [2.05, 4.69) is 4.98 Å². The van der Waals surface area contributed by atoms with E-state index in [0.717, 1.165) is 34.7 Å². The van der Waals surface area contributed by atoms with Gasteiger partial charge in [-0.15, -0.1) is 0 Å². The predicted molar refractivity (Wildman–Crippen MR) is 103 cm³/mol. The summed E-state index contributed by atoms with van der Waals surface area (Å²) in [6, 6.07) is 18.6. The first kappa shape index (κ1) is 16.1. The van der Waals surface area contributed by atoms with Crippen molar-refractivity contribution in [1.82, 2.24) is 9.99 Å². The van der Waals surface area contributed by atoms with Crippen molar-refractivity contribution in [2.24, 2.45) is 5.10 Å². The normalized spacial score (nSPS) is 20.5. The second kappa shape index (κ2) is 6.28. The summed E-state index contributed by atoms with van der Waals surface area (Å²) in [6.45, 7) is 0. The highest BCUT2D eigenvalue weighted by atomic mass is 35.5. The molecule has 1 N–H and O–H groups in total. The number of halogens is 1. The molecule has 0 aliphatic carbocycles. The summed E-state index contributed by atoms with van der Waals surface area (Å²) in [4.78, 5) is 4.47. The Kier molecular flexibility index (Phi) is 3.76. The maximum absolute atomic E-state index is 9.56. The number of hydrazone groups is 1. The molecule has 1 aromatic heterocycles. The van der Waals surface area contributed by atoms with Crippen LogP contribution in [-0.2, 0) is 0 Å². The zero-order valence-corrected chi connectivity index (χ0v) is 15.0. The Morgan fingerprint density at radius 2 is 1.93 bits per heavy atom. The molecule has 3 aromatic rings. The van der Waals surface area contributed by atoms with Crippen LogP contribution in [0, 0.1) is 0 Å². The molecule has 0 bridgehead atoms. The maximum atomic E-state index is 9.56. The smallest absolute Gasteiger partial charge is 0.230 e. The zero-order valence-electron chi connectivity index (χ0n) is 14.3. The van der Waals surface area contributed by atoms with Crippen molar-refractivity contribution in [3.05, 3.63) is 88.7 Å². The number of nitrogens with zero attached hydrogens (tertiary/aromatic N) is 3. The van der Waals surface area contributed by atoms with Gasteiger partial charge in [-0.05, 0) is 60.2 Å². The average Bonchev–Trinajstić information content (AvgIpc) is 3.14. The Labute approximate surface area is 161 Å². The lowest BCUT2D eigenvalue weighted by Crippen LogP contribution is -2.34. The Hall–Kier alpha value is -3.05. The third-order valence-electron chi connectivity index (χ3n) is 4.89. The van der Waals surface area contributed by atoms with Crippen LogP contribution >= 0.6 is 11.6 Å². The van der Waals surface area contributed by atoms with Gasteiger partial charge in [0.25, 0.3) is 0 Å². The first-order valence-corrected chi connectivity index (χ1v) is 9.09. The van der Waals surface area contributed by atoms with Crippen molar-refractivity contribution in [3.63, 3.8) is 0 Å². The Morgan fingerprint density at radius 3 is 2.70 bits per heavy atom. The highest BCUT2D eigenvalue weighted by Gasteiger charge is 2.41. The topological polar surface area (TPSA) is 58.0 Å². The minimum atomic E-state index is -0.403. The van der Waals surface area contributed by atoms with Gasteiger partial charge in [0.05, 0.1) is 11.8 Å². The summed E-state index contributed by atoms with van der Waals surface area (Å²) in [5.74, 6) is 1.04. The molecular weight excluding hydrogens is 362 g/mol. The molecule has 0 amide bonds. The number of aromatic nitrogens is 1. The van der Waals surface area contributed by atoms with E-state index in [1.807, 2.05) is 53.5 Å². The van der Waals surface area contributed by atoms with E-state index in [1.165, 1.54) is 0 Å². The fourth-order valence-electron chi connectivity index (χ4n) is 3.60. The van der Waals surface area contributed by atoms with Gasteiger partial charge in [0.15, 0.2) is 0 Å². The largest absolute Gasteiger partial charge is 0.508 e. The molecule has 0 spiro atoms. The molecule has 0 saturated heterocycles. The third kappa shape index (κ3) is 2.80. The van der Waals surface area contributed by atoms with Crippen molar-refractivity contribution < 1.29 is 9.84 Å². The van der Waals surface area contributed by atoms with Gasteiger partial charge in [-0.3, -0.25) is 4.98 Å². The number of pyridine rings is 1. The lowest BCUT2D eigenvalue weighted by Gasteiger charge is -2.37. The second-order valence-electron chi connectivity index (χ2n) is 6.60. The van der Waals surface area contributed by atoms with Crippen LogP contribution in [-0.4, -0.2) is 20.8 Å². The molecule has 0 saturated carbocycles. The second-order valence-corrected chi connectivity index (χ2v) is 7.04. The van der Waals surface area contributed by atoms with Crippen LogP contribution in [0.5, 0.6) is 11.5 Å². The summed E-state index contributed by atoms with van der Waals surface area (Å²) in [5.41, 5.74) is 3.74. The number of phenolic OH excluding ortho intramolecular Hbond substituents is 1. The van der Waals surface area contributed by atoms with Crippen LogP contribution in [0.1, 0.15) is 35.5 Å². The maximum Gasteiger partial charge on any atom is 0.230 e. The van der Waals surface area contributed by atoms with Gasteiger partial charge in [0, 0.05) is 23.2 Å². The van der Waals surface area contributed by atoms with Crippen LogP contribution in [0.2, 0.25) is 5.02 Å². The van der Waals surface area contributed by atoms with E-state index in [9.17, 15) is 5.11 Å². The lowest BCUT2D eigenvalue weighted by molar-refractivity contribution is -0.0218. The molecule has 27 heavy (non-hydrogen) atoms. The Morgan fingerprint density at radius 1 is 1.07 bits per heavy atom. The zero-order chi connectivity index (χ0) is 18.4. The number of fused-ring (bicyclic) bond motifs is 3. The summed E-state index contributed by atoms with van der Waals surface area (Å²) < 4.78 is 6.25. The molecule has 5 rings (SSSR count). The van der Waals surface area contributed by atoms with Gasteiger partial charge in [-0.25, -0.2) is 5.01 Å². The number of hydrogen-bond donors (Lipinski definition) is 1. The Balaban J connectivity index is 1.60. The minimum Gasteiger partial charge on any atom is -0.508 e. The molecule has 0 radical (unpaired) electrons. The quantitative estimate of drug-likeness (QED) is 0.704. The minimum absolute atomic E-state index is 0.0169. The predicted octanol–water partition coefficient (Wildman–Crippen LogP) is 4.68. The number of ether oxygens (including phenoxy) is 1. The van der Waals surface area contributed by atoms with Gasteiger partial charge in [-0.1, -0.05) is 17.7 Å². The van der Waals surface area contributed by atoms with Crippen molar-refractivity contribution in [2.75, 3.05) is 0 Å². The molecule has 0 fully saturated rings. The van der Waals surface area contributed by atoms with Crippen molar-refractivity contribution in [3.8, 4) is 11.5 Å². The molecule has 3 heterocycles. The molecule has 2 aliphatic rings. The number of phenols is 1.